The van der Waals surface area contributed by atoms with Crippen molar-refractivity contribution in [3.8, 4) is 0 Å². The first-order valence-corrected chi connectivity index (χ1v) is 9.65. The van der Waals surface area contributed by atoms with Gasteiger partial charge in [0.05, 0.1) is 4.90 Å². The second kappa shape index (κ2) is 6.77. The Morgan fingerprint density at radius 1 is 1.16 bits per heavy atom. The van der Waals surface area contributed by atoms with Crippen LogP contribution in [0.1, 0.15) is 35.2 Å². The lowest BCUT2D eigenvalue weighted by atomic mass is 9.72. The van der Waals surface area contributed by atoms with Gasteiger partial charge in [-0.2, -0.15) is 8.42 Å². The summed E-state index contributed by atoms with van der Waals surface area (Å²) < 4.78 is 35.2. The Morgan fingerprint density at radius 3 is 2.40 bits per heavy atom. The van der Waals surface area contributed by atoms with Crippen LogP contribution in [-0.4, -0.2) is 19.9 Å². The maximum Gasteiger partial charge on any atom is 0.332 e. The normalized spacial score (nSPS) is 16.1. The van der Waals surface area contributed by atoms with Gasteiger partial charge < -0.3 is 5.32 Å². The molecule has 0 radical (unpaired) electrons. The van der Waals surface area contributed by atoms with Crippen LogP contribution < -0.4 is 5.32 Å². The Hall–Kier alpha value is -1.92. The average Bonchev–Trinajstić information content (AvgIpc) is 2.54. The summed E-state index contributed by atoms with van der Waals surface area (Å²) in [6.07, 6.45) is 3.34. The van der Waals surface area contributed by atoms with Crippen molar-refractivity contribution in [3.05, 3.63) is 64.7 Å². The molecule has 0 heterocycles. The number of carbonyl (C=O) groups is 1. The van der Waals surface area contributed by atoms with Crippen molar-refractivity contribution in [2.75, 3.05) is 0 Å². The van der Waals surface area contributed by atoms with Crippen molar-refractivity contribution >= 4 is 27.7 Å². The van der Waals surface area contributed by atoms with E-state index in [4.69, 9.17) is 11.6 Å². The van der Waals surface area contributed by atoms with Crippen molar-refractivity contribution in [3.63, 3.8) is 0 Å². The van der Waals surface area contributed by atoms with Gasteiger partial charge in [-0.1, -0.05) is 29.8 Å². The Balaban J connectivity index is 1.77. The standard InChI is InChI=1S/C18H17ClFNO3S/c19-15-7-5-13(6-8-15)12-18(9-2-10-18)21-17(22)14-3-1-4-16(11-14)25(20,23)24/h1,3-8,11H,2,9-10,12H2,(H,21,22). The van der Waals surface area contributed by atoms with Crippen molar-refractivity contribution in [1.29, 1.82) is 0 Å². The van der Waals surface area contributed by atoms with E-state index in [1.54, 1.807) is 12.1 Å². The smallest absolute Gasteiger partial charge is 0.332 e. The van der Waals surface area contributed by atoms with Gasteiger partial charge in [0, 0.05) is 16.1 Å². The molecule has 0 aliphatic heterocycles. The maximum absolute atomic E-state index is 13.1. The van der Waals surface area contributed by atoms with Gasteiger partial charge in [0.1, 0.15) is 0 Å². The molecule has 0 aromatic heterocycles. The van der Waals surface area contributed by atoms with E-state index in [2.05, 4.69) is 5.32 Å². The van der Waals surface area contributed by atoms with Crippen LogP contribution in [0.15, 0.2) is 53.4 Å². The van der Waals surface area contributed by atoms with Crippen LogP contribution in [-0.2, 0) is 16.6 Å². The molecule has 2 aromatic carbocycles. The summed E-state index contributed by atoms with van der Waals surface area (Å²) in [7, 11) is -4.84. The zero-order valence-corrected chi connectivity index (χ0v) is 14.9. The molecule has 1 N–H and O–H groups in total. The van der Waals surface area contributed by atoms with E-state index in [1.165, 1.54) is 12.1 Å². The summed E-state index contributed by atoms with van der Waals surface area (Å²) >= 11 is 5.90. The highest BCUT2D eigenvalue weighted by atomic mass is 35.5. The number of carbonyl (C=O) groups excluding carboxylic acids is 1. The molecule has 0 saturated heterocycles. The van der Waals surface area contributed by atoms with Gasteiger partial charge in [0.2, 0.25) is 0 Å². The van der Waals surface area contributed by atoms with Crippen LogP contribution in [0.25, 0.3) is 0 Å². The first-order valence-electron chi connectivity index (χ1n) is 7.89. The van der Waals surface area contributed by atoms with Crippen LogP contribution in [0.2, 0.25) is 5.02 Å². The quantitative estimate of drug-likeness (QED) is 0.799. The minimum atomic E-state index is -4.84. The second-order valence-electron chi connectivity index (χ2n) is 6.36. The molecule has 1 saturated carbocycles. The van der Waals surface area contributed by atoms with Crippen LogP contribution in [0.4, 0.5) is 3.89 Å². The Kier molecular flexibility index (Phi) is 4.84. The number of nitrogens with one attached hydrogen (secondary N) is 1. The van der Waals surface area contributed by atoms with E-state index in [-0.39, 0.29) is 11.1 Å². The highest BCUT2D eigenvalue weighted by molar-refractivity contribution is 7.86. The maximum atomic E-state index is 13.1. The molecule has 1 aliphatic carbocycles. The average molecular weight is 382 g/mol. The summed E-state index contributed by atoms with van der Waals surface area (Å²) in [6.45, 7) is 0. The minimum absolute atomic E-state index is 0.126. The van der Waals surface area contributed by atoms with Crippen LogP contribution in [0, 0.1) is 0 Å². The van der Waals surface area contributed by atoms with Gasteiger partial charge in [-0.3, -0.25) is 4.79 Å². The van der Waals surface area contributed by atoms with Crippen molar-refractivity contribution < 1.29 is 17.1 Å². The molecule has 1 fully saturated rings. The number of benzene rings is 2. The minimum Gasteiger partial charge on any atom is -0.346 e. The van der Waals surface area contributed by atoms with Gasteiger partial charge in [0.25, 0.3) is 5.91 Å². The zero-order chi connectivity index (χ0) is 18.1. The SMILES string of the molecule is O=C(NC1(Cc2ccc(Cl)cc2)CCC1)c1cccc(S(=O)(=O)F)c1. The van der Waals surface area contributed by atoms with E-state index < -0.39 is 21.0 Å². The number of hydrogen-bond donors (Lipinski definition) is 1. The fraction of sp³-hybridized carbons (Fsp3) is 0.278. The summed E-state index contributed by atoms with van der Waals surface area (Å²) in [5.41, 5.74) is 0.820. The van der Waals surface area contributed by atoms with Crippen LogP contribution in [0.5, 0.6) is 0 Å². The molecule has 25 heavy (non-hydrogen) atoms. The third-order valence-electron chi connectivity index (χ3n) is 4.52. The Labute approximate surface area is 151 Å². The first-order chi connectivity index (χ1) is 11.8. The molecule has 0 bridgehead atoms. The first kappa shape index (κ1) is 17.9. The lowest BCUT2D eigenvalue weighted by Crippen LogP contribution is -2.55. The van der Waals surface area contributed by atoms with E-state index in [1.807, 2.05) is 12.1 Å². The fourth-order valence-corrected chi connectivity index (χ4v) is 3.68. The molecular weight excluding hydrogens is 365 g/mol. The van der Waals surface area contributed by atoms with E-state index in [9.17, 15) is 17.1 Å². The molecule has 2 aromatic rings. The monoisotopic (exact) mass is 381 g/mol. The van der Waals surface area contributed by atoms with Gasteiger partial charge in [-0.15, -0.1) is 3.89 Å². The van der Waals surface area contributed by atoms with Gasteiger partial charge >= 0.3 is 10.2 Å². The summed E-state index contributed by atoms with van der Waals surface area (Å²) in [6, 6.07) is 12.5. The lowest BCUT2D eigenvalue weighted by Gasteiger charge is -2.43. The van der Waals surface area contributed by atoms with E-state index >= 15 is 0 Å². The number of halogens is 2. The molecule has 4 nitrogen and oxygen atoms in total. The molecule has 0 spiro atoms. The van der Waals surface area contributed by atoms with Gasteiger partial charge in [-0.25, -0.2) is 0 Å². The van der Waals surface area contributed by atoms with Crippen molar-refractivity contribution in [2.45, 2.75) is 36.1 Å². The largest absolute Gasteiger partial charge is 0.346 e. The number of rotatable bonds is 5. The fourth-order valence-electron chi connectivity index (χ4n) is 3.04. The molecule has 132 valence electrons. The summed E-state index contributed by atoms with van der Waals surface area (Å²) in [5, 5.41) is 3.65. The second-order valence-corrected chi connectivity index (χ2v) is 8.14. The zero-order valence-electron chi connectivity index (χ0n) is 13.3. The molecule has 3 rings (SSSR count). The Morgan fingerprint density at radius 2 is 1.84 bits per heavy atom. The van der Waals surface area contributed by atoms with Crippen molar-refractivity contribution in [2.24, 2.45) is 0 Å². The summed E-state index contributed by atoms with van der Waals surface area (Å²) in [4.78, 5) is 12.0. The molecular formula is C18H17ClFNO3S. The number of amides is 1. The van der Waals surface area contributed by atoms with Crippen LogP contribution in [0.3, 0.4) is 0 Å². The predicted octanol–water partition coefficient (Wildman–Crippen LogP) is 3.89. The lowest BCUT2D eigenvalue weighted by molar-refractivity contribution is 0.0826. The highest BCUT2D eigenvalue weighted by Crippen LogP contribution is 2.35. The summed E-state index contributed by atoms with van der Waals surface area (Å²) in [5.74, 6) is -0.404. The van der Waals surface area contributed by atoms with Gasteiger partial charge in [-0.05, 0) is 61.6 Å². The molecule has 0 unspecified atom stereocenters. The molecule has 0 atom stereocenters. The predicted molar refractivity (Wildman–Crippen MR) is 93.9 cm³/mol. The Bertz CT molecular complexity index is 893. The molecule has 1 aliphatic rings. The third-order valence-corrected chi connectivity index (χ3v) is 5.59. The third kappa shape index (κ3) is 4.19. The van der Waals surface area contributed by atoms with Crippen LogP contribution >= 0.6 is 11.6 Å². The van der Waals surface area contributed by atoms with Gasteiger partial charge in [0.15, 0.2) is 0 Å². The number of hydrogen-bond acceptors (Lipinski definition) is 3. The van der Waals surface area contributed by atoms with Crippen molar-refractivity contribution in [1.82, 2.24) is 5.32 Å². The molecule has 7 heteroatoms. The topological polar surface area (TPSA) is 63.2 Å². The molecule has 1 amide bonds. The van der Waals surface area contributed by atoms with E-state index in [0.29, 0.717) is 11.4 Å². The highest BCUT2D eigenvalue weighted by Gasteiger charge is 2.38. The van der Waals surface area contributed by atoms with E-state index in [0.717, 1.165) is 37.0 Å².